The standard InChI is InChI=1S/C12H16N2O4/c1-18-8-3-2-6-14-11(15)10-9(12(16)17)5-4-7-13-10/h4-5,7H,2-3,6,8H2,1H3,(H,14,15)(H,16,17). The molecule has 1 aromatic heterocycles. The molecule has 98 valence electrons. The third-order valence-electron chi connectivity index (χ3n) is 2.31. The zero-order valence-electron chi connectivity index (χ0n) is 10.2. The molecule has 6 nitrogen and oxygen atoms in total. The molecule has 0 saturated heterocycles. The van der Waals surface area contributed by atoms with E-state index >= 15 is 0 Å². The molecule has 1 rings (SSSR count). The average Bonchev–Trinajstić information content (AvgIpc) is 2.38. The molecule has 1 aromatic rings. The second-order valence-electron chi connectivity index (χ2n) is 3.66. The van der Waals surface area contributed by atoms with E-state index in [1.807, 2.05) is 0 Å². The number of unbranched alkanes of at least 4 members (excludes halogenated alkanes) is 1. The summed E-state index contributed by atoms with van der Waals surface area (Å²) in [5, 5.41) is 11.6. The summed E-state index contributed by atoms with van der Waals surface area (Å²) in [5.74, 6) is -1.63. The van der Waals surface area contributed by atoms with Crippen LogP contribution in [0.15, 0.2) is 18.3 Å². The Bertz CT molecular complexity index is 420. The van der Waals surface area contributed by atoms with E-state index in [0.29, 0.717) is 13.2 Å². The highest BCUT2D eigenvalue weighted by Gasteiger charge is 2.16. The number of hydrogen-bond acceptors (Lipinski definition) is 4. The minimum atomic E-state index is -1.16. The Morgan fingerprint density at radius 3 is 2.89 bits per heavy atom. The topological polar surface area (TPSA) is 88.5 Å². The summed E-state index contributed by atoms with van der Waals surface area (Å²) in [7, 11) is 1.62. The van der Waals surface area contributed by atoms with E-state index in [2.05, 4.69) is 10.3 Å². The average molecular weight is 252 g/mol. The van der Waals surface area contributed by atoms with Crippen molar-refractivity contribution < 1.29 is 19.4 Å². The molecular formula is C12H16N2O4. The van der Waals surface area contributed by atoms with Gasteiger partial charge in [-0.25, -0.2) is 4.79 Å². The second kappa shape index (κ2) is 7.39. The van der Waals surface area contributed by atoms with Gasteiger partial charge in [-0.2, -0.15) is 0 Å². The van der Waals surface area contributed by atoms with Gasteiger partial charge in [0.1, 0.15) is 5.69 Å². The fraction of sp³-hybridized carbons (Fsp3) is 0.417. The Hall–Kier alpha value is -1.95. The van der Waals surface area contributed by atoms with Gasteiger partial charge in [-0.3, -0.25) is 9.78 Å². The lowest BCUT2D eigenvalue weighted by Crippen LogP contribution is -2.27. The largest absolute Gasteiger partial charge is 0.478 e. The molecule has 0 aliphatic heterocycles. The van der Waals surface area contributed by atoms with E-state index in [-0.39, 0.29) is 11.3 Å². The van der Waals surface area contributed by atoms with E-state index in [1.165, 1.54) is 18.3 Å². The predicted molar refractivity (Wildman–Crippen MR) is 64.6 cm³/mol. The number of carboxylic acid groups (broad SMARTS) is 1. The van der Waals surface area contributed by atoms with Gasteiger partial charge in [0.15, 0.2) is 0 Å². The number of rotatable bonds is 7. The van der Waals surface area contributed by atoms with Gasteiger partial charge in [-0.15, -0.1) is 0 Å². The van der Waals surface area contributed by atoms with Crippen LogP contribution >= 0.6 is 0 Å². The van der Waals surface area contributed by atoms with E-state index in [4.69, 9.17) is 9.84 Å². The minimum Gasteiger partial charge on any atom is -0.478 e. The number of aromatic nitrogens is 1. The Kier molecular flexibility index (Phi) is 5.79. The van der Waals surface area contributed by atoms with Crippen molar-refractivity contribution in [2.75, 3.05) is 20.3 Å². The van der Waals surface area contributed by atoms with Crippen LogP contribution in [0.2, 0.25) is 0 Å². The number of nitrogens with zero attached hydrogens (tertiary/aromatic N) is 1. The van der Waals surface area contributed by atoms with Crippen molar-refractivity contribution in [3.8, 4) is 0 Å². The molecule has 0 bridgehead atoms. The zero-order valence-corrected chi connectivity index (χ0v) is 10.2. The van der Waals surface area contributed by atoms with Gasteiger partial charge in [-0.1, -0.05) is 0 Å². The van der Waals surface area contributed by atoms with Gasteiger partial charge in [0, 0.05) is 26.5 Å². The number of carbonyl (C=O) groups excluding carboxylic acids is 1. The van der Waals surface area contributed by atoms with Gasteiger partial charge in [0.25, 0.3) is 5.91 Å². The quantitative estimate of drug-likeness (QED) is 0.705. The van der Waals surface area contributed by atoms with Crippen molar-refractivity contribution in [2.45, 2.75) is 12.8 Å². The van der Waals surface area contributed by atoms with E-state index in [1.54, 1.807) is 7.11 Å². The van der Waals surface area contributed by atoms with Crippen molar-refractivity contribution in [3.63, 3.8) is 0 Å². The van der Waals surface area contributed by atoms with Crippen LogP contribution in [0, 0.1) is 0 Å². The summed E-state index contributed by atoms with van der Waals surface area (Å²) < 4.78 is 4.88. The van der Waals surface area contributed by atoms with Crippen molar-refractivity contribution in [1.29, 1.82) is 0 Å². The number of aromatic carboxylic acids is 1. The second-order valence-corrected chi connectivity index (χ2v) is 3.66. The Morgan fingerprint density at radius 2 is 2.22 bits per heavy atom. The summed E-state index contributed by atoms with van der Waals surface area (Å²) in [6.07, 6.45) is 3.01. The number of ether oxygens (including phenoxy) is 1. The fourth-order valence-electron chi connectivity index (χ4n) is 1.42. The lowest BCUT2D eigenvalue weighted by atomic mass is 10.2. The lowest BCUT2D eigenvalue weighted by molar-refractivity contribution is 0.0690. The molecule has 6 heteroatoms. The summed E-state index contributed by atoms with van der Waals surface area (Å²) in [5.41, 5.74) is -0.149. The highest BCUT2D eigenvalue weighted by atomic mass is 16.5. The summed E-state index contributed by atoms with van der Waals surface area (Å²) in [4.78, 5) is 26.4. The maximum atomic E-state index is 11.7. The maximum absolute atomic E-state index is 11.7. The SMILES string of the molecule is COCCCCNC(=O)c1ncccc1C(=O)O. The normalized spacial score (nSPS) is 10.1. The Morgan fingerprint density at radius 1 is 1.44 bits per heavy atom. The van der Waals surface area contributed by atoms with E-state index < -0.39 is 11.9 Å². The number of nitrogens with one attached hydrogen (secondary N) is 1. The number of carboxylic acids is 1. The summed E-state index contributed by atoms with van der Waals surface area (Å²) in [6, 6.07) is 2.84. The predicted octanol–water partition coefficient (Wildman–Crippen LogP) is 0.936. The first-order valence-electron chi connectivity index (χ1n) is 5.62. The third kappa shape index (κ3) is 4.14. The van der Waals surface area contributed by atoms with Gasteiger partial charge >= 0.3 is 5.97 Å². The molecule has 0 atom stereocenters. The first-order valence-corrected chi connectivity index (χ1v) is 5.62. The van der Waals surface area contributed by atoms with Gasteiger partial charge in [-0.05, 0) is 25.0 Å². The molecule has 0 fully saturated rings. The molecule has 0 aliphatic rings. The molecule has 2 N–H and O–H groups in total. The first kappa shape index (κ1) is 14.1. The maximum Gasteiger partial charge on any atom is 0.338 e. The molecule has 1 heterocycles. The number of carbonyl (C=O) groups is 2. The number of pyridine rings is 1. The fourth-order valence-corrected chi connectivity index (χ4v) is 1.42. The van der Waals surface area contributed by atoms with Crippen molar-refractivity contribution in [1.82, 2.24) is 10.3 Å². The molecule has 18 heavy (non-hydrogen) atoms. The van der Waals surface area contributed by atoms with Crippen LogP contribution in [0.3, 0.4) is 0 Å². The van der Waals surface area contributed by atoms with Crippen LogP contribution in [-0.2, 0) is 4.74 Å². The summed E-state index contributed by atoms with van der Waals surface area (Å²) in [6.45, 7) is 1.11. The highest BCUT2D eigenvalue weighted by molar-refractivity contribution is 6.03. The van der Waals surface area contributed by atoms with Crippen molar-refractivity contribution >= 4 is 11.9 Å². The molecular weight excluding hydrogens is 236 g/mol. The lowest BCUT2D eigenvalue weighted by Gasteiger charge is -2.06. The first-order chi connectivity index (χ1) is 8.66. The summed E-state index contributed by atoms with van der Waals surface area (Å²) >= 11 is 0. The molecule has 0 radical (unpaired) electrons. The zero-order chi connectivity index (χ0) is 13.4. The van der Waals surface area contributed by atoms with Crippen LogP contribution < -0.4 is 5.32 Å². The molecule has 0 aromatic carbocycles. The van der Waals surface area contributed by atoms with Crippen LogP contribution in [-0.4, -0.2) is 42.2 Å². The number of methoxy groups -OCH3 is 1. The smallest absolute Gasteiger partial charge is 0.338 e. The van der Waals surface area contributed by atoms with E-state index in [9.17, 15) is 9.59 Å². The van der Waals surface area contributed by atoms with Crippen LogP contribution in [0.25, 0.3) is 0 Å². The Balaban J connectivity index is 2.54. The number of hydrogen-bond donors (Lipinski definition) is 2. The highest BCUT2D eigenvalue weighted by Crippen LogP contribution is 2.05. The van der Waals surface area contributed by atoms with Crippen LogP contribution in [0.5, 0.6) is 0 Å². The van der Waals surface area contributed by atoms with E-state index in [0.717, 1.165) is 12.8 Å². The van der Waals surface area contributed by atoms with Crippen molar-refractivity contribution in [3.05, 3.63) is 29.6 Å². The van der Waals surface area contributed by atoms with Gasteiger partial charge in [0.2, 0.25) is 0 Å². The Labute approximate surface area is 105 Å². The monoisotopic (exact) mass is 252 g/mol. The van der Waals surface area contributed by atoms with Crippen LogP contribution in [0.1, 0.15) is 33.7 Å². The molecule has 1 amide bonds. The van der Waals surface area contributed by atoms with Gasteiger partial charge in [0.05, 0.1) is 5.56 Å². The molecule has 0 aliphatic carbocycles. The third-order valence-corrected chi connectivity index (χ3v) is 2.31. The molecule has 0 unspecified atom stereocenters. The van der Waals surface area contributed by atoms with Crippen LogP contribution in [0.4, 0.5) is 0 Å². The molecule has 0 saturated carbocycles. The van der Waals surface area contributed by atoms with Gasteiger partial charge < -0.3 is 15.2 Å². The molecule has 0 spiro atoms. The van der Waals surface area contributed by atoms with Crippen molar-refractivity contribution in [2.24, 2.45) is 0 Å². The minimum absolute atomic E-state index is 0.0586. The number of amides is 1.